The molecule has 0 amide bonds. The Morgan fingerprint density at radius 2 is 1.80 bits per heavy atom. The summed E-state index contributed by atoms with van der Waals surface area (Å²) < 4.78 is 27.3. The van der Waals surface area contributed by atoms with Crippen molar-refractivity contribution in [3.8, 4) is 0 Å². The molecule has 0 saturated heterocycles. The van der Waals surface area contributed by atoms with Gasteiger partial charge in [0.2, 0.25) is 0 Å². The molecule has 2 nitrogen and oxygen atoms in total. The Kier molecular flexibility index (Phi) is 7.70. The molecule has 0 atom stereocenters. The second kappa shape index (κ2) is 9.65. The topological polar surface area (TPSA) is 29.4 Å². The van der Waals surface area contributed by atoms with Crippen LogP contribution in [0.3, 0.4) is 0 Å². The minimum atomic E-state index is -2.96. The van der Waals surface area contributed by atoms with Crippen molar-refractivity contribution in [1.82, 2.24) is 0 Å². The van der Waals surface area contributed by atoms with Gasteiger partial charge in [0, 0.05) is 29.2 Å². The number of hydrogen-bond donors (Lipinski definition) is 0. The number of Topliss-reactive ketones (excluding diaryl/α,β-unsaturated/α-hetero) is 1. The van der Waals surface area contributed by atoms with Gasteiger partial charge in [-0.15, -0.1) is 0 Å². The van der Waals surface area contributed by atoms with Crippen molar-refractivity contribution in [3.05, 3.63) is 75.3 Å². The first-order chi connectivity index (χ1) is 14.0. The molecule has 2 aromatic rings. The number of ketones is 1. The minimum Gasteiger partial charge on any atom is -0.295 e. The minimum absolute atomic E-state index is 0.0209. The molecule has 0 aliphatic rings. The molecule has 0 unspecified atom stereocenters. The van der Waals surface area contributed by atoms with Gasteiger partial charge >= 0.3 is 0 Å². The number of alkyl halides is 2. The molecule has 0 radical (unpaired) electrons. The van der Waals surface area contributed by atoms with Gasteiger partial charge in [-0.2, -0.15) is 0 Å². The molecule has 0 aromatic heterocycles. The number of allylic oxidation sites excluding steroid dienone is 1. The Morgan fingerprint density at radius 3 is 2.27 bits per heavy atom. The van der Waals surface area contributed by atoms with E-state index in [0.717, 1.165) is 30.2 Å². The zero-order valence-corrected chi connectivity index (χ0v) is 19.1. The molecule has 0 saturated carbocycles. The van der Waals surface area contributed by atoms with Crippen LogP contribution in [0.25, 0.3) is 5.70 Å². The molecule has 5 heteroatoms. The van der Waals surface area contributed by atoms with Crippen molar-refractivity contribution in [2.75, 3.05) is 0 Å². The molecule has 2 rings (SSSR count). The Bertz CT molecular complexity index is 1000. The molecular weight excluding hydrogens is 404 g/mol. The molecule has 0 aliphatic heterocycles. The molecule has 2 aromatic carbocycles. The number of hydrogen-bond acceptors (Lipinski definition) is 2. The van der Waals surface area contributed by atoms with E-state index >= 15 is 0 Å². The maximum atomic E-state index is 13.7. The van der Waals surface area contributed by atoms with Crippen molar-refractivity contribution in [1.29, 1.82) is 0 Å². The number of nitrogens with zero attached hydrogens (tertiary/aromatic N) is 1. The monoisotopic (exact) mass is 431 g/mol. The lowest BCUT2D eigenvalue weighted by molar-refractivity contribution is 0.0175. The fourth-order valence-corrected chi connectivity index (χ4v) is 3.59. The van der Waals surface area contributed by atoms with Gasteiger partial charge in [-0.05, 0) is 43.9 Å². The fourth-order valence-electron chi connectivity index (χ4n) is 3.31. The Labute approximate surface area is 182 Å². The second-order valence-corrected chi connectivity index (χ2v) is 8.10. The van der Waals surface area contributed by atoms with E-state index in [2.05, 4.69) is 0 Å². The summed E-state index contributed by atoms with van der Waals surface area (Å²) in [5.74, 6) is -2.90. The summed E-state index contributed by atoms with van der Waals surface area (Å²) in [4.78, 5) is 16.7. The predicted molar refractivity (Wildman–Crippen MR) is 122 cm³/mol. The van der Waals surface area contributed by atoms with E-state index in [1.807, 2.05) is 52.0 Å². The smallest absolute Gasteiger partial charge is 0.270 e. The quantitative estimate of drug-likeness (QED) is 0.326. The molecular formula is C25H28ClF2NO. The Morgan fingerprint density at radius 1 is 1.17 bits per heavy atom. The van der Waals surface area contributed by atoms with Gasteiger partial charge in [-0.25, -0.2) is 8.78 Å². The molecule has 0 heterocycles. The molecule has 30 heavy (non-hydrogen) atoms. The summed E-state index contributed by atoms with van der Waals surface area (Å²) in [6, 6.07) is 10.0. The Hall–Kier alpha value is -2.33. The highest BCUT2D eigenvalue weighted by Crippen LogP contribution is 2.32. The molecule has 0 fully saturated rings. The van der Waals surface area contributed by atoms with Gasteiger partial charge in [-0.1, -0.05) is 62.7 Å². The summed E-state index contributed by atoms with van der Waals surface area (Å²) in [5.41, 5.74) is 4.53. The lowest BCUT2D eigenvalue weighted by Gasteiger charge is -2.17. The largest absolute Gasteiger partial charge is 0.295 e. The van der Waals surface area contributed by atoms with E-state index in [-0.39, 0.29) is 22.3 Å². The average Bonchev–Trinajstić information content (AvgIpc) is 2.67. The van der Waals surface area contributed by atoms with Gasteiger partial charge in [-0.3, -0.25) is 9.79 Å². The van der Waals surface area contributed by atoms with Crippen LogP contribution < -0.4 is 0 Å². The number of benzene rings is 2. The van der Waals surface area contributed by atoms with Gasteiger partial charge in [0.25, 0.3) is 5.92 Å². The van der Waals surface area contributed by atoms with Crippen LogP contribution in [-0.4, -0.2) is 11.5 Å². The van der Waals surface area contributed by atoms with Gasteiger partial charge in [0.05, 0.1) is 16.4 Å². The predicted octanol–water partition coefficient (Wildman–Crippen LogP) is 7.72. The van der Waals surface area contributed by atoms with Crippen LogP contribution in [0.4, 0.5) is 8.78 Å². The first-order valence-corrected chi connectivity index (χ1v) is 10.4. The maximum absolute atomic E-state index is 13.7. The third-order valence-corrected chi connectivity index (χ3v) is 5.29. The number of aliphatic imine (C=N–C) groups is 1. The molecule has 0 aliphatic carbocycles. The second-order valence-electron chi connectivity index (χ2n) is 7.69. The summed E-state index contributed by atoms with van der Waals surface area (Å²) in [6.07, 6.45) is 2.63. The summed E-state index contributed by atoms with van der Waals surface area (Å²) in [7, 11) is 0. The van der Waals surface area contributed by atoms with Crippen molar-refractivity contribution >= 4 is 28.8 Å². The normalized spacial score (nSPS) is 13.1. The number of rotatable bonds is 7. The first kappa shape index (κ1) is 23.9. The Balaban J connectivity index is 2.57. The van der Waals surface area contributed by atoms with E-state index < -0.39 is 5.92 Å². The number of carbonyl (C=O) groups is 1. The summed E-state index contributed by atoms with van der Waals surface area (Å²) in [6.45, 7) is 10.3. The molecule has 0 N–H and O–H groups in total. The van der Waals surface area contributed by atoms with Crippen LogP contribution in [0.5, 0.6) is 0 Å². The highest BCUT2D eigenvalue weighted by Gasteiger charge is 2.26. The van der Waals surface area contributed by atoms with Crippen LogP contribution in [-0.2, 0) is 12.3 Å². The first-order valence-electron chi connectivity index (χ1n) is 10.1. The molecule has 0 bridgehead atoms. The van der Waals surface area contributed by atoms with Gasteiger partial charge < -0.3 is 0 Å². The zero-order valence-electron chi connectivity index (χ0n) is 18.3. The van der Waals surface area contributed by atoms with E-state index in [4.69, 9.17) is 16.6 Å². The highest BCUT2D eigenvalue weighted by atomic mass is 35.5. The van der Waals surface area contributed by atoms with Crippen molar-refractivity contribution < 1.29 is 13.6 Å². The van der Waals surface area contributed by atoms with Gasteiger partial charge in [0.1, 0.15) is 0 Å². The maximum Gasteiger partial charge on any atom is 0.270 e. The van der Waals surface area contributed by atoms with E-state index in [1.165, 1.54) is 12.1 Å². The third-order valence-electron chi connectivity index (χ3n) is 4.97. The van der Waals surface area contributed by atoms with E-state index in [0.29, 0.717) is 16.8 Å². The number of carbonyl (C=O) groups excluding carboxylic acids is 1. The lowest BCUT2D eigenvalue weighted by Crippen LogP contribution is -2.13. The third kappa shape index (κ3) is 5.42. The average molecular weight is 432 g/mol. The van der Waals surface area contributed by atoms with Crippen LogP contribution in [0.2, 0.25) is 5.02 Å². The summed E-state index contributed by atoms with van der Waals surface area (Å²) >= 11 is 6.38. The van der Waals surface area contributed by atoms with Crippen molar-refractivity contribution in [2.45, 2.75) is 53.9 Å². The van der Waals surface area contributed by atoms with Gasteiger partial charge in [0.15, 0.2) is 5.78 Å². The lowest BCUT2D eigenvalue weighted by atomic mass is 9.96. The van der Waals surface area contributed by atoms with Crippen LogP contribution >= 0.6 is 11.6 Å². The van der Waals surface area contributed by atoms with E-state index in [1.54, 1.807) is 13.0 Å². The number of aryl methyl sites for hydroxylation is 1. The van der Waals surface area contributed by atoms with Crippen LogP contribution in [0.15, 0.2) is 47.5 Å². The highest BCUT2D eigenvalue weighted by molar-refractivity contribution is 6.34. The standard InChI is InChI=1S/C25H28ClF2NO/c1-7-17-13-18(9-11-20(17)16(5)30)23(8-2)29-24(15(3)4)21-12-10-19(14-22(21)26)25(6,27)28/h8-15H,7H2,1-6H3. The van der Waals surface area contributed by atoms with Crippen molar-refractivity contribution in [3.63, 3.8) is 0 Å². The van der Waals surface area contributed by atoms with E-state index in [9.17, 15) is 13.6 Å². The fraction of sp³-hybridized carbons (Fsp3) is 0.360. The van der Waals surface area contributed by atoms with Crippen molar-refractivity contribution in [2.24, 2.45) is 10.9 Å². The molecule has 160 valence electrons. The summed E-state index contributed by atoms with van der Waals surface area (Å²) in [5, 5.41) is 0.248. The SMILES string of the molecule is CC=C(N=C(c1ccc(C(C)(F)F)cc1Cl)C(C)C)c1ccc(C(C)=O)c(CC)c1. The van der Waals surface area contributed by atoms with Crippen LogP contribution in [0, 0.1) is 5.92 Å². The zero-order chi connectivity index (χ0) is 22.6. The molecule has 0 spiro atoms. The number of halogens is 3. The van der Waals surface area contributed by atoms with Crippen LogP contribution in [0.1, 0.15) is 74.2 Å².